The summed E-state index contributed by atoms with van der Waals surface area (Å²) in [7, 11) is 1.76. The van der Waals surface area contributed by atoms with Gasteiger partial charge >= 0.3 is 0 Å². The highest BCUT2D eigenvalue weighted by Gasteiger charge is 2.10. The molecule has 0 aliphatic rings. The maximum absolute atomic E-state index is 5.17. The Morgan fingerprint density at radius 1 is 1.35 bits per heavy atom. The molecule has 2 nitrogen and oxygen atoms in total. The van der Waals surface area contributed by atoms with Crippen molar-refractivity contribution in [2.45, 2.75) is 32.2 Å². The van der Waals surface area contributed by atoms with Gasteiger partial charge in [-0.15, -0.1) is 0 Å². The van der Waals surface area contributed by atoms with Crippen molar-refractivity contribution in [2.24, 2.45) is 0 Å². The van der Waals surface area contributed by atoms with E-state index in [0.717, 1.165) is 26.0 Å². The van der Waals surface area contributed by atoms with Crippen LogP contribution in [-0.4, -0.2) is 26.3 Å². The Balaban J connectivity index is 2.55. The quantitative estimate of drug-likeness (QED) is 0.794. The predicted molar refractivity (Wildman–Crippen MR) is 76.4 cm³/mol. The van der Waals surface area contributed by atoms with Crippen LogP contribution in [0.4, 0.5) is 0 Å². The van der Waals surface area contributed by atoms with Crippen molar-refractivity contribution in [3.05, 3.63) is 34.3 Å². The average Bonchev–Trinajstić information content (AvgIpc) is 2.35. The van der Waals surface area contributed by atoms with Gasteiger partial charge in [-0.2, -0.15) is 0 Å². The Kier molecular flexibility index (Phi) is 7.49. The van der Waals surface area contributed by atoms with Gasteiger partial charge in [-0.05, 0) is 37.4 Å². The number of benzene rings is 1. The number of nitrogens with one attached hydrogen (secondary N) is 1. The molecule has 0 heterocycles. The highest BCUT2D eigenvalue weighted by Crippen LogP contribution is 2.18. The molecular weight excluding hydrogens is 278 g/mol. The Bertz CT molecular complexity index is 309. The molecule has 1 rings (SSSR count). The van der Waals surface area contributed by atoms with Crippen LogP contribution in [0.5, 0.6) is 0 Å². The molecule has 0 saturated heterocycles. The minimum absolute atomic E-state index is 0.494. The molecule has 0 aliphatic heterocycles. The summed E-state index contributed by atoms with van der Waals surface area (Å²) in [5.74, 6) is 0. The predicted octanol–water partition coefficient (Wildman–Crippen LogP) is 3.40. The summed E-state index contributed by atoms with van der Waals surface area (Å²) in [6, 6.07) is 8.92. The number of hydrogen-bond donors (Lipinski definition) is 1. The number of halogens is 1. The zero-order chi connectivity index (χ0) is 12.5. The molecule has 1 N–H and O–H groups in total. The van der Waals surface area contributed by atoms with Crippen molar-refractivity contribution in [1.82, 2.24) is 5.32 Å². The van der Waals surface area contributed by atoms with Gasteiger partial charge in [0.1, 0.15) is 0 Å². The maximum atomic E-state index is 5.17. The first-order valence-electron chi connectivity index (χ1n) is 6.23. The first-order chi connectivity index (χ1) is 8.27. The molecule has 1 unspecified atom stereocenters. The van der Waals surface area contributed by atoms with Crippen LogP contribution >= 0.6 is 15.9 Å². The summed E-state index contributed by atoms with van der Waals surface area (Å²) in [5.41, 5.74) is 1.36. The van der Waals surface area contributed by atoms with Gasteiger partial charge in [-0.3, -0.25) is 0 Å². The normalized spacial score (nSPS) is 12.6. The molecule has 96 valence electrons. The second kappa shape index (κ2) is 8.67. The molecule has 3 heteroatoms. The lowest BCUT2D eigenvalue weighted by atomic mass is 10.0. The number of rotatable bonds is 8. The minimum atomic E-state index is 0.494. The van der Waals surface area contributed by atoms with Crippen molar-refractivity contribution < 1.29 is 4.74 Å². The molecule has 1 atom stereocenters. The van der Waals surface area contributed by atoms with Crippen molar-refractivity contribution in [3.63, 3.8) is 0 Å². The van der Waals surface area contributed by atoms with E-state index in [2.05, 4.69) is 52.4 Å². The van der Waals surface area contributed by atoms with Crippen molar-refractivity contribution in [1.29, 1.82) is 0 Å². The number of hydrogen-bond acceptors (Lipinski definition) is 2. The van der Waals surface area contributed by atoms with E-state index in [1.165, 1.54) is 16.5 Å². The molecule has 0 amide bonds. The zero-order valence-electron chi connectivity index (χ0n) is 10.7. The second-order valence-electron chi connectivity index (χ2n) is 4.23. The Morgan fingerprint density at radius 2 is 2.12 bits per heavy atom. The van der Waals surface area contributed by atoms with E-state index < -0.39 is 0 Å². The fraction of sp³-hybridized carbons (Fsp3) is 0.571. The molecule has 1 aromatic rings. The molecule has 0 spiro atoms. The van der Waals surface area contributed by atoms with E-state index in [9.17, 15) is 0 Å². The summed E-state index contributed by atoms with van der Waals surface area (Å²) in [4.78, 5) is 0. The third-order valence-electron chi connectivity index (χ3n) is 2.78. The third kappa shape index (κ3) is 5.66. The molecule has 0 bridgehead atoms. The monoisotopic (exact) mass is 299 g/mol. The molecule has 17 heavy (non-hydrogen) atoms. The van der Waals surface area contributed by atoms with Crippen molar-refractivity contribution in [2.75, 3.05) is 20.3 Å². The average molecular weight is 300 g/mol. The summed E-state index contributed by atoms with van der Waals surface area (Å²) in [5, 5.41) is 3.58. The Hall–Kier alpha value is -0.380. The summed E-state index contributed by atoms with van der Waals surface area (Å²) in [6.07, 6.45) is 3.27. The van der Waals surface area contributed by atoms with Gasteiger partial charge in [0.15, 0.2) is 0 Å². The van der Waals surface area contributed by atoms with Crippen LogP contribution in [0.25, 0.3) is 0 Å². The molecule has 1 aromatic carbocycles. The zero-order valence-corrected chi connectivity index (χ0v) is 12.3. The van der Waals surface area contributed by atoms with Crippen LogP contribution in [0.3, 0.4) is 0 Å². The van der Waals surface area contributed by atoms with Crippen LogP contribution < -0.4 is 5.32 Å². The highest BCUT2D eigenvalue weighted by molar-refractivity contribution is 9.10. The van der Waals surface area contributed by atoms with E-state index >= 15 is 0 Å². The van der Waals surface area contributed by atoms with E-state index in [-0.39, 0.29) is 0 Å². The molecule has 0 saturated carbocycles. The number of ether oxygens (including phenoxy) is 1. The van der Waals surface area contributed by atoms with E-state index in [1.807, 2.05) is 0 Å². The van der Waals surface area contributed by atoms with E-state index in [1.54, 1.807) is 7.11 Å². The van der Waals surface area contributed by atoms with E-state index in [0.29, 0.717) is 6.04 Å². The van der Waals surface area contributed by atoms with Crippen LogP contribution in [0, 0.1) is 0 Å². The standard InChI is InChI=1S/C14H22BrNO/c1-3-9-16-13(8-10-17-2)11-12-6-4-5-7-14(12)15/h4-7,13,16H,3,8-11H2,1-2H3. The molecule has 0 fully saturated rings. The van der Waals surface area contributed by atoms with Crippen LogP contribution in [-0.2, 0) is 11.2 Å². The minimum Gasteiger partial charge on any atom is -0.385 e. The summed E-state index contributed by atoms with van der Waals surface area (Å²) < 4.78 is 6.36. The molecular formula is C14H22BrNO. The van der Waals surface area contributed by atoms with Gasteiger partial charge < -0.3 is 10.1 Å². The van der Waals surface area contributed by atoms with Gasteiger partial charge in [0.2, 0.25) is 0 Å². The van der Waals surface area contributed by atoms with Crippen LogP contribution in [0.1, 0.15) is 25.3 Å². The highest BCUT2D eigenvalue weighted by atomic mass is 79.9. The SMILES string of the molecule is CCCNC(CCOC)Cc1ccccc1Br. The lowest BCUT2D eigenvalue weighted by molar-refractivity contribution is 0.182. The topological polar surface area (TPSA) is 21.3 Å². The number of methoxy groups -OCH3 is 1. The fourth-order valence-electron chi connectivity index (χ4n) is 1.81. The van der Waals surface area contributed by atoms with E-state index in [4.69, 9.17) is 4.74 Å². The van der Waals surface area contributed by atoms with Gasteiger partial charge in [-0.25, -0.2) is 0 Å². The van der Waals surface area contributed by atoms with Crippen LogP contribution in [0.2, 0.25) is 0 Å². The summed E-state index contributed by atoms with van der Waals surface area (Å²) >= 11 is 3.60. The van der Waals surface area contributed by atoms with Crippen molar-refractivity contribution >= 4 is 15.9 Å². The smallest absolute Gasteiger partial charge is 0.0477 e. The molecule has 0 aliphatic carbocycles. The molecule has 0 aromatic heterocycles. The van der Waals surface area contributed by atoms with Crippen LogP contribution in [0.15, 0.2) is 28.7 Å². The second-order valence-corrected chi connectivity index (χ2v) is 5.08. The summed E-state index contributed by atoms with van der Waals surface area (Å²) in [6.45, 7) is 4.07. The largest absolute Gasteiger partial charge is 0.385 e. The lowest BCUT2D eigenvalue weighted by Crippen LogP contribution is -2.33. The maximum Gasteiger partial charge on any atom is 0.0477 e. The van der Waals surface area contributed by atoms with Gasteiger partial charge in [0.05, 0.1) is 0 Å². The first-order valence-corrected chi connectivity index (χ1v) is 7.03. The van der Waals surface area contributed by atoms with Crippen molar-refractivity contribution in [3.8, 4) is 0 Å². The van der Waals surface area contributed by atoms with Gasteiger partial charge in [0, 0.05) is 24.2 Å². The Labute approximate surface area is 113 Å². The first kappa shape index (κ1) is 14.7. The fourth-order valence-corrected chi connectivity index (χ4v) is 2.26. The van der Waals surface area contributed by atoms with Gasteiger partial charge in [0.25, 0.3) is 0 Å². The third-order valence-corrected chi connectivity index (χ3v) is 3.55. The lowest BCUT2D eigenvalue weighted by Gasteiger charge is -2.19. The Morgan fingerprint density at radius 3 is 2.76 bits per heavy atom. The van der Waals surface area contributed by atoms with Gasteiger partial charge in [-0.1, -0.05) is 41.1 Å². The molecule has 0 radical (unpaired) electrons.